The average molecular weight is 390 g/mol. The highest BCUT2D eigenvalue weighted by molar-refractivity contribution is 5.92. The van der Waals surface area contributed by atoms with Crippen molar-refractivity contribution in [2.75, 3.05) is 0 Å². The Morgan fingerprint density at radius 2 is 1.89 bits per heavy atom. The molecule has 4 aliphatic rings. The lowest BCUT2D eigenvalue weighted by Crippen LogP contribution is -2.59. The van der Waals surface area contributed by atoms with Crippen molar-refractivity contribution in [1.29, 1.82) is 0 Å². The molecule has 0 N–H and O–H groups in total. The summed E-state index contributed by atoms with van der Waals surface area (Å²) in [6.07, 6.45) is 7.08. The van der Waals surface area contributed by atoms with E-state index in [0.717, 1.165) is 32.1 Å². The fraction of sp³-hybridized carbons (Fsp3) is 0.792. The maximum atomic E-state index is 12.9. The summed E-state index contributed by atoms with van der Waals surface area (Å²) >= 11 is 0. The quantitative estimate of drug-likeness (QED) is 0.645. The summed E-state index contributed by atoms with van der Waals surface area (Å²) in [5, 5.41) is 0. The van der Waals surface area contributed by atoms with Crippen LogP contribution in [-0.2, 0) is 19.1 Å². The zero-order valence-corrected chi connectivity index (χ0v) is 17.5. The molecular weight excluding hydrogens is 352 g/mol. The number of esters is 1. The van der Waals surface area contributed by atoms with Gasteiger partial charge in [0, 0.05) is 22.8 Å². The van der Waals surface area contributed by atoms with Gasteiger partial charge in [-0.2, -0.15) is 0 Å². The molecule has 0 aromatic rings. The summed E-state index contributed by atoms with van der Waals surface area (Å²) in [6, 6.07) is 0. The molecule has 0 aromatic carbocycles. The van der Waals surface area contributed by atoms with Gasteiger partial charge in [0.15, 0.2) is 17.2 Å². The van der Waals surface area contributed by atoms with Crippen molar-refractivity contribution in [2.24, 2.45) is 34.5 Å². The second-order valence-electron chi connectivity index (χ2n) is 10.3. The highest BCUT2D eigenvalue weighted by Crippen LogP contribution is 2.69. The Morgan fingerprint density at radius 1 is 1.18 bits per heavy atom. The van der Waals surface area contributed by atoms with Crippen LogP contribution < -0.4 is 0 Å². The van der Waals surface area contributed by atoms with E-state index in [1.807, 2.05) is 13.0 Å². The lowest BCUT2D eigenvalue weighted by atomic mass is 9.44. The molecular formula is C24H34O4. The summed E-state index contributed by atoms with van der Waals surface area (Å²) in [5.41, 5.74) is -0.646. The molecule has 4 heteroatoms. The Bertz CT molecular complexity index is 861. The Labute approximate surface area is 172 Å². The number of hydrogen-bond acceptors (Lipinski definition) is 4. The van der Waals surface area contributed by atoms with E-state index in [2.05, 4.69) is 13.8 Å². The third kappa shape index (κ3) is 2.45. The summed E-state index contributed by atoms with van der Waals surface area (Å²) in [7, 11) is 0. The maximum absolute atomic E-state index is 12.9. The first kappa shape index (κ1) is 16.4. The predicted octanol–water partition coefficient (Wildman–Crippen LogP) is 4.66. The summed E-state index contributed by atoms with van der Waals surface area (Å²) in [5.74, 6) is 0.0118. The third-order valence-corrected chi connectivity index (χ3v) is 9.23. The van der Waals surface area contributed by atoms with Crippen molar-refractivity contribution in [3.8, 4) is 0 Å². The molecule has 0 aliphatic heterocycles. The normalized spacial score (nSPS) is 49.5. The van der Waals surface area contributed by atoms with Crippen LogP contribution in [0.2, 0.25) is 0 Å². The Hall–Kier alpha value is -1.45. The monoisotopic (exact) mass is 389 g/mol. The molecule has 4 nitrogen and oxygen atoms in total. The van der Waals surface area contributed by atoms with E-state index in [-0.39, 0.29) is 22.9 Å². The number of allylic oxidation sites excluding steroid dienone is 1. The predicted molar refractivity (Wildman–Crippen MR) is 106 cm³/mol. The fourth-order valence-electron chi connectivity index (χ4n) is 7.96. The van der Waals surface area contributed by atoms with Gasteiger partial charge in [-0.3, -0.25) is 14.4 Å². The van der Waals surface area contributed by atoms with Crippen LogP contribution in [0, 0.1) is 34.5 Å². The molecule has 3 fully saturated rings. The number of ketones is 2. The summed E-state index contributed by atoms with van der Waals surface area (Å²) in [6.45, 7) is 5.10. The second-order valence-corrected chi connectivity index (χ2v) is 10.3. The Kier molecular flexibility index (Phi) is 3.66. The molecule has 4 rings (SSSR count). The van der Waals surface area contributed by atoms with E-state index >= 15 is 0 Å². The molecule has 0 spiro atoms. The van der Waals surface area contributed by atoms with Crippen molar-refractivity contribution in [2.45, 2.75) is 85.1 Å². The van der Waals surface area contributed by atoms with Crippen molar-refractivity contribution in [3.05, 3.63) is 11.6 Å². The zero-order valence-electron chi connectivity index (χ0n) is 20.5. The van der Waals surface area contributed by atoms with Crippen LogP contribution in [0.4, 0.5) is 0 Å². The molecule has 4 aliphatic carbocycles. The molecule has 0 bridgehead atoms. The molecule has 28 heavy (non-hydrogen) atoms. The topological polar surface area (TPSA) is 60.4 Å². The van der Waals surface area contributed by atoms with Gasteiger partial charge in [-0.1, -0.05) is 26.3 Å². The highest BCUT2D eigenvalue weighted by atomic mass is 16.6. The first-order chi connectivity index (χ1) is 14.3. The van der Waals surface area contributed by atoms with Gasteiger partial charge in [0.05, 0.1) is 0 Å². The van der Waals surface area contributed by atoms with Gasteiger partial charge in [-0.05, 0) is 80.6 Å². The molecule has 154 valence electrons. The first-order valence-corrected chi connectivity index (χ1v) is 10.8. The van der Waals surface area contributed by atoms with Gasteiger partial charge in [-0.25, -0.2) is 0 Å². The highest BCUT2D eigenvalue weighted by Gasteiger charge is 2.68. The van der Waals surface area contributed by atoms with E-state index in [4.69, 9.17) is 8.85 Å². The maximum Gasteiger partial charge on any atom is 0.303 e. The van der Waals surface area contributed by atoms with E-state index in [1.165, 1.54) is 12.5 Å². The number of carbonyl (C=O) groups excluding carboxylic acids is 3. The number of hydrogen-bond donors (Lipinski definition) is 0. The zero-order chi connectivity index (χ0) is 23.0. The van der Waals surface area contributed by atoms with Gasteiger partial charge in [0.1, 0.15) is 0 Å². The molecule has 0 amide bonds. The van der Waals surface area contributed by atoms with Crippen LogP contribution in [0.5, 0.6) is 0 Å². The van der Waals surface area contributed by atoms with Gasteiger partial charge in [-0.15, -0.1) is 0 Å². The molecule has 0 aromatic heterocycles. The molecule has 0 saturated heterocycles. The number of carbonyl (C=O) groups is 3. The smallest absolute Gasteiger partial charge is 0.303 e. The van der Waals surface area contributed by atoms with Crippen molar-refractivity contribution < 1.29 is 23.2 Å². The Morgan fingerprint density at radius 3 is 2.57 bits per heavy atom. The van der Waals surface area contributed by atoms with E-state index < -0.39 is 23.8 Å². The molecule has 3 saturated carbocycles. The average Bonchev–Trinajstić information content (AvgIpc) is 2.96. The first-order valence-electron chi connectivity index (χ1n) is 12.3. The minimum absolute atomic E-state index is 0.00554. The Balaban J connectivity index is 1.71. The number of Topliss-reactive ketones (excluding diaryl/α,β-unsaturated/α-hetero) is 1. The lowest BCUT2D eigenvalue weighted by Gasteiger charge is -2.60. The van der Waals surface area contributed by atoms with E-state index in [0.29, 0.717) is 30.6 Å². The summed E-state index contributed by atoms with van der Waals surface area (Å²) < 4.78 is 28.0. The number of ether oxygens (including phenoxy) is 1. The molecule has 0 heterocycles. The number of fused-ring (bicyclic) bond motifs is 5. The molecule has 0 radical (unpaired) electrons. The lowest BCUT2D eigenvalue weighted by molar-refractivity contribution is -0.187. The van der Waals surface area contributed by atoms with Crippen LogP contribution in [-0.4, -0.2) is 23.1 Å². The van der Waals surface area contributed by atoms with Crippen LogP contribution in [0.25, 0.3) is 0 Å². The van der Waals surface area contributed by atoms with Gasteiger partial charge in [0.25, 0.3) is 0 Å². The molecule has 7 atom stereocenters. The fourth-order valence-corrected chi connectivity index (χ4v) is 7.96. The summed E-state index contributed by atoms with van der Waals surface area (Å²) in [4.78, 5) is 37.4. The second kappa shape index (κ2) is 6.27. The van der Waals surface area contributed by atoms with E-state index in [9.17, 15) is 14.4 Å². The minimum Gasteiger partial charge on any atom is -0.451 e. The van der Waals surface area contributed by atoms with Crippen molar-refractivity contribution in [1.82, 2.24) is 0 Å². The standard InChI is InChI=1S/C24H34O4/c1-14-12-18-19(22(4)9-6-17(27)13-21(14)22)7-10-23(5)20(18)8-11-24(23,15(2)25)28-16(3)26/h13-14,18-20H,6-12H2,1-5H3/t14-,18+,19-,20-,22+,23-,24-/m0/s1/i3D3. The van der Waals surface area contributed by atoms with Gasteiger partial charge in [0.2, 0.25) is 0 Å². The molecule has 0 unspecified atom stereocenters. The third-order valence-electron chi connectivity index (χ3n) is 9.23. The van der Waals surface area contributed by atoms with E-state index in [1.54, 1.807) is 0 Å². The SMILES string of the molecule is [2H]C([2H])([2H])C(=O)O[C@]1(C(C)=O)CC[C@H]2[C@@H]3C[C@H](C)C4=CC(=O)CC[C@]4(C)[C@H]3CC[C@@]21C. The number of rotatable bonds is 2. The van der Waals surface area contributed by atoms with Gasteiger partial charge >= 0.3 is 5.97 Å². The van der Waals surface area contributed by atoms with Crippen LogP contribution >= 0.6 is 0 Å². The van der Waals surface area contributed by atoms with Gasteiger partial charge < -0.3 is 4.74 Å². The largest absolute Gasteiger partial charge is 0.451 e. The van der Waals surface area contributed by atoms with Crippen LogP contribution in [0.3, 0.4) is 0 Å². The van der Waals surface area contributed by atoms with Crippen LogP contribution in [0.15, 0.2) is 11.6 Å². The van der Waals surface area contributed by atoms with Crippen LogP contribution in [0.1, 0.15) is 83.6 Å². The minimum atomic E-state index is -2.88. The van der Waals surface area contributed by atoms with Crippen molar-refractivity contribution in [3.63, 3.8) is 0 Å². The van der Waals surface area contributed by atoms with Crippen molar-refractivity contribution >= 4 is 17.5 Å².